The van der Waals surface area contributed by atoms with Crippen LogP contribution in [0.4, 0.5) is 29.0 Å². The molecule has 0 spiro atoms. The Bertz CT molecular complexity index is 1070. The normalized spacial score (nSPS) is 14.4. The van der Waals surface area contributed by atoms with Crippen molar-refractivity contribution < 1.29 is 4.92 Å². The summed E-state index contributed by atoms with van der Waals surface area (Å²) < 4.78 is 0. The number of benzene rings is 2. The van der Waals surface area contributed by atoms with Gasteiger partial charge in [0.05, 0.1) is 11.5 Å². The number of nitro groups is 1. The number of hydrogen-bond donors (Lipinski definition) is 2. The number of halogens is 1. The van der Waals surface area contributed by atoms with Gasteiger partial charge in [-0.3, -0.25) is 15.0 Å². The molecule has 3 aromatic rings. The number of para-hydroxylation sites is 2. The molecule has 1 fully saturated rings. The maximum absolute atomic E-state index is 11.3. The summed E-state index contributed by atoms with van der Waals surface area (Å²) in [6.07, 6.45) is 0. The predicted octanol–water partition coefficient (Wildman–Crippen LogP) is 3.08. The van der Waals surface area contributed by atoms with E-state index in [0.717, 1.165) is 18.8 Å². The topological polar surface area (TPSA) is 126 Å². The lowest BCUT2D eigenvalue weighted by Gasteiger charge is -2.35. The minimum absolute atomic E-state index is 0.124. The van der Waals surface area contributed by atoms with Gasteiger partial charge in [0.15, 0.2) is 0 Å². The molecule has 0 atom stereocenters. The third-order valence-electron chi connectivity index (χ3n) is 4.96. The predicted molar refractivity (Wildman–Crippen MR) is 120 cm³/mol. The number of nitrogens with two attached hydrogens (primary N) is 1. The number of aromatic nitrogens is 3. The Hall–Kier alpha value is -3.50. The number of nitro benzene ring substituents is 1. The van der Waals surface area contributed by atoms with Crippen molar-refractivity contribution in [3.05, 3.63) is 69.5 Å². The lowest BCUT2D eigenvalue weighted by atomic mass is 10.2. The molecule has 3 N–H and O–H groups in total. The molecule has 0 saturated carbocycles. The fourth-order valence-corrected chi connectivity index (χ4v) is 3.59. The summed E-state index contributed by atoms with van der Waals surface area (Å²) in [6.45, 7) is 3.28. The van der Waals surface area contributed by atoms with Gasteiger partial charge >= 0.3 is 0 Å². The molecule has 0 unspecified atom stereocenters. The maximum atomic E-state index is 11.3. The Labute approximate surface area is 183 Å². The molecule has 0 bridgehead atoms. The quantitative estimate of drug-likeness (QED) is 0.439. The summed E-state index contributed by atoms with van der Waals surface area (Å²) in [7, 11) is 0. The van der Waals surface area contributed by atoms with Gasteiger partial charge in [-0.15, -0.1) is 0 Å². The van der Waals surface area contributed by atoms with Crippen LogP contribution in [0, 0.1) is 10.1 Å². The van der Waals surface area contributed by atoms with E-state index in [4.69, 9.17) is 17.3 Å². The first-order chi connectivity index (χ1) is 15.0. The molecule has 1 saturated heterocycles. The van der Waals surface area contributed by atoms with Crippen LogP contribution in [0.25, 0.3) is 0 Å². The molecular formula is C20H21ClN8O2. The maximum Gasteiger partial charge on any atom is 0.292 e. The molecule has 4 rings (SSSR count). The van der Waals surface area contributed by atoms with Crippen molar-refractivity contribution in [1.82, 2.24) is 19.9 Å². The van der Waals surface area contributed by atoms with Crippen molar-refractivity contribution in [2.75, 3.05) is 42.1 Å². The van der Waals surface area contributed by atoms with Gasteiger partial charge in [0, 0.05) is 43.0 Å². The number of anilines is 4. The summed E-state index contributed by atoms with van der Waals surface area (Å²) >= 11 is 5.92. The molecule has 31 heavy (non-hydrogen) atoms. The third-order valence-corrected chi connectivity index (χ3v) is 5.21. The molecule has 1 aromatic heterocycles. The van der Waals surface area contributed by atoms with Crippen molar-refractivity contribution in [3.8, 4) is 0 Å². The second-order valence-electron chi connectivity index (χ2n) is 7.07. The fourth-order valence-electron chi connectivity index (χ4n) is 3.46. The van der Waals surface area contributed by atoms with E-state index >= 15 is 0 Å². The molecule has 10 nitrogen and oxygen atoms in total. The second kappa shape index (κ2) is 9.11. The molecular weight excluding hydrogens is 420 g/mol. The van der Waals surface area contributed by atoms with Crippen LogP contribution in [0.3, 0.4) is 0 Å². The van der Waals surface area contributed by atoms with E-state index in [1.54, 1.807) is 24.3 Å². The first kappa shape index (κ1) is 20.8. The highest BCUT2D eigenvalue weighted by Gasteiger charge is 2.23. The highest BCUT2D eigenvalue weighted by atomic mass is 35.5. The van der Waals surface area contributed by atoms with Gasteiger partial charge in [0.1, 0.15) is 11.5 Å². The van der Waals surface area contributed by atoms with Gasteiger partial charge in [-0.05, 0) is 30.3 Å². The monoisotopic (exact) mass is 440 g/mol. The highest BCUT2D eigenvalue weighted by molar-refractivity contribution is 6.30. The number of nitrogens with one attached hydrogen (secondary N) is 1. The van der Waals surface area contributed by atoms with Crippen LogP contribution in [-0.2, 0) is 6.54 Å². The third kappa shape index (κ3) is 5.16. The van der Waals surface area contributed by atoms with E-state index < -0.39 is 0 Å². The highest BCUT2D eigenvalue weighted by Crippen LogP contribution is 2.28. The van der Waals surface area contributed by atoms with Crippen LogP contribution in [0.2, 0.25) is 5.02 Å². The van der Waals surface area contributed by atoms with Gasteiger partial charge in [0.2, 0.25) is 11.9 Å². The van der Waals surface area contributed by atoms with Crippen LogP contribution in [0.1, 0.15) is 5.82 Å². The van der Waals surface area contributed by atoms with Crippen molar-refractivity contribution in [2.24, 2.45) is 0 Å². The Morgan fingerprint density at radius 3 is 2.45 bits per heavy atom. The molecule has 2 aromatic carbocycles. The molecule has 2 heterocycles. The van der Waals surface area contributed by atoms with E-state index in [-0.39, 0.29) is 16.6 Å². The van der Waals surface area contributed by atoms with E-state index in [1.165, 1.54) is 6.07 Å². The summed E-state index contributed by atoms with van der Waals surface area (Å²) in [5, 5.41) is 15.0. The SMILES string of the molecule is Nc1nc(CN2CCN(c3ccccc3[N+](=O)[O-])CC2)nc(Nc2ccc(Cl)cc2)n1. The lowest BCUT2D eigenvalue weighted by Crippen LogP contribution is -2.46. The number of rotatable bonds is 6. The molecule has 0 radical (unpaired) electrons. The number of hydrogen-bond acceptors (Lipinski definition) is 9. The molecule has 1 aliphatic heterocycles. The standard InChI is InChI=1S/C20H21ClN8O2/c21-14-5-7-15(8-6-14)23-20-25-18(24-19(22)26-20)13-27-9-11-28(12-10-27)16-3-1-2-4-17(16)29(30)31/h1-8H,9-13H2,(H3,22,23,24,25,26). The summed E-state index contributed by atoms with van der Waals surface area (Å²) in [6, 6.07) is 14.0. The Morgan fingerprint density at radius 2 is 1.74 bits per heavy atom. The Morgan fingerprint density at radius 1 is 1.03 bits per heavy atom. The summed E-state index contributed by atoms with van der Waals surface area (Å²) in [5.74, 6) is 1.06. The second-order valence-corrected chi connectivity index (χ2v) is 7.51. The number of nitrogen functional groups attached to an aromatic ring is 1. The van der Waals surface area contributed by atoms with Gasteiger partial charge in [-0.1, -0.05) is 23.7 Å². The van der Waals surface area contributed by atoms with Crippen molar-refractivity contribution in [2.45, 2.75) is 6.54 Å². The van der Waals surface area contributed by atoms with Gasteiger partial charge in [0.25, 0.3) is 5.69 Å². The molecule has 160 valence electrons. The molecule has 0 aliphatic carbocycles. The van der Waals surface area contributed by atoms with Crippen LogP contribution >= 0.6 is 11.6 Å². The summed E-state index contributed by atoms with van der Waals surface area (Å²) in [4.78, 5) is 28.0. The minimum atomic E-state index is -0.343. The molecule has 0 amide bonds. The summed E-state index contributed by atoms with van der Waals surface area (Å²) in [5.41, 5.74) is 7.43. The zero-order chi connectivity index (χ0) is 21.8. The largest absolute Gasteiger partial charge is 0.368 e. The van der Waals surface area contributed by atoms with Crippen molar-refractivity contribution in [1.29, 1.82) is 0 Å². The zero-order valence-electron chi connectivity index (χ0n) is 16.6. The Kier molecular flexibility index (Phi) is 6.10. The van der Waals surface area contributed by atoms with Gasteiger partial charge in [-0.25, -0.2) is 0 Å². The average Bonchev–Trinajstić information content (AvgIpc) is 2.75. The number of nitrogens with zero attached hydrogens (tertiary/aromatic N) is 6. The molecule has 11 heteroatoms. The fraction of sp³-hybridized carbons (Fsp3) is 0.250. The van der Waals surface area contributed by atoms with Gasteiger partial charge in [-0.2, -0.15) is 15.0 Å². The first-order valence-corrected chi connectivity index (χ1v) is 10.1. The van der Waals surface area contributed by atoms with E-state index in [2.05, 4.69) is 25.2 Å². The van der Waals surface area contributed by atoms with Crippen LogP contribution in [-0.4, -0.2) is 51.0 Å². The van der Waals surface area contributed by atoms with Crippen molar-refractivity contribution >= 4 is 40.6 Å². The smallest absolute Gasteiger partial charge is 0.292 e. The van der Waals surface area contributed by atoms with Crippen LogP contribution in [0.15, 0.2) is 48.5 Å². The Balaban J connectivity index is 1.40. The zero-order valence-corrected chi connectivity index (χ0v) is 17.4. The van der Waals surface area contributed by atoms with Crippen molar-refractivity contribution in [3.63, 3.8) is 0 Å². The average molecular weight is 441 g/mol. The van der Waals surface area contributed by atoms with Gasteiger partial charge < -0.3 is 16.0 Å². The lowest BCUT2D eigenvalue weighted by molar-refractivity contribution is -0.384. The first-order valence-electron chi connectivity index (χ1n) is 9.72. The minimum Gasteiger partial charge on any atom is -0.368 e. The van der Waals surface area contributed by atoms with E-state index in [0.29, 0.717) is 42.1 Å². The van der Waals surface area contributed by atoms with E-state index in [1.807, 2.05) is 23.1 Å². The molecule has 1 aliphatic rings. The van der Waals surface area contributed by atoms with E-state index in [9.17, 15) is 10.1 Å². The van der Waals surface area contributed by atoms with Crippen LogP contribution < -0.4 is 16.0 Å². The van der Waals surface area contributed by atoms with Crippen LogP contribution in [0.5, 0.6) is 0 Å². The number of piperazine rings is 1.